The lowest BCUT2D eigenvalue weighted by Gasteiger charge is -2.36. The van der Waals surface area contributed by atoms with Gasteiger partial charge in [0.15, 0.2) is 0 Å². The summed E-state index contributed by atoms with van der Waals surface area (Å²) in [7, 11) is 1.64. The van der Waals surface area contributed by atoms with Crippen LogP contribution in [0.5, 0.6) is 5.75 Å². The third-order valence-electron chi connectivity index (χ3n) is 5.76. The van der Waals surface area contributed by atoms with Crippen molar-refractivity contribution in [2.75, 3.05) is 59.7 Å². The summed E-state index contributed by atoms with van der Waals surface area (Å²) in [5.74, 6) is 0.854. The van der Waals surface area contributed by atoms with E-state index in [-0.39, 0.29) is 18.6 Å². The first kappa shape index (κ1) is 25.2. The molecule has 3 rings (SSSR count). The Bertz CT molecular complexity index is 848. The van der Waals surface area contributed by atoms with E-state index in [0.717, 1.165) is 23.4 Å². The van der Waals surface area contributed by atoms with Crippen LogP contribution in [0.3, 0.4) is 0 Å². The minimum atomic E-state index is -0.604. The fourth-order valence-corrected chi connectivity index (χ4v) is 3.96. The highest BCUT2D eigenvalue weighted by Gasteiger charge is 2.26. The van der Waals surface area contributed by atoms with Crippen molar-refractivity contribution in [1.29, 1.82) is 0 Å². The normalized spacial score (nSPS) is 17.5. The number of aliphatic hydroxyl groups is 1. The number of para-hydroxylation sites is 1. The summed E-state index contributed by atoms with van der Waals surface area (Å²) in [6.07, 6.45) is -0.358. The van der Waals surface area contributed by atoms with Crippen molar-refractivity contribution < 1.29 is 24.1 Å². The van der Waals surface area contributed by atoms with E-state index in [1.165, 1.54) is 0 Å². The number of aliphatic hydroxyl groups excluding tert-OH is 1. The topological polar surface area (TPSA) is 71.5 Å². The molecule has 1 aliphatic heterocycles. The monoisotopic (exact) mass is 456 g/mol. The number of rotatable bonds is 12. The molecule has 33 heavy (non-hydrogen) atoms. The van der Waals surface area contributed by atoms with Gasteiger partial charge < -0.3 is 24.2 Å². The maximum atomic E-state index is 12.9. The first-order valence-corrected chi connectivity index (χ1v) is 11.6. The van der Waals surface area contributed by atoms with Gasteiger partial charge in [0.2, 0.25) is 5.91 Å². The summed E-state index contributed by atoms with van der Waals surface area (Å²) in [5, 5.41) is 10.5. The van der Waals surface area contributed by atoms with Crippen LogP contribution in [-0.4, -0.2) is 92.7 Å². The zero-order valence-corrected chi connectivity index (χ0v) is 19.7. The van der Waals surface area contributed by atoms with E-state index in [1.807, 2.05) is 66.4 Å². The quantitative estimate of drug-likeness (QED) is 0.528. The van der Waals surface area contributed by atoms with Gasteiger partial charge in [-0.1, -0.05) is 48.5 Å². The summed E-state index contributed by atoms with van der Waals surface area (Å²) in [6, 6.07) is 17.6. The van der Waals surface area contributed by atoms with Crippen LogP contribution in [0.4, 0.5) is 0 Å². The van der Waals surface area contributed by atoms with Crippen LogP contribution in [-0.2, 0) is 20.7 Å². The number of aryl methyl sites for hydroxylation is 1. The molecular formula is C26H36N2O5. The molecule has 7 nitrogen and oxygen atoms in total. The van der Waals surface area contributed by atoms with Crippen molar-refractivity contribution in [1.82, 2.24) is 9.80 Å². The number of ether oxygens (including phenoxy) is 3. The van der Waals surface area contributed by atoms with E-state index < -0.39 is 6.10 Å². The van der Waals surface area contributed by atoms with E-state index in [1.54, 1.807) is 7.11 Å². The highest BCUT2D eigenvalue weighted by atomic mass is 16.5. The Kier molecular flexibility index (Phi) is 10.2. The molecule has 1 N–H and O–H groups in total. The molecule has 1 fully saturated rings. The van der Waals surface area contributed by atoms with Crippen molar-refractivity contribution >= 4 is 5.91 Å². The molecule has 7 heteroatoms. The Morgan fingerprint density at radius 3 is 2.73 bits per heavy atom. The Labute approximate surface area is 196 Å². The van der Waals surface area contributed by atoms with Crippen LogP contribution in [0.25, 0.3) is 0 Å². The average Bonchev–Trinajstić information content (AvgIpc) is 2.82. The molecule has 0 aromatic heterocycles. The minimum absolute atomic E-state index is 0.0608. The number of β-amino-alcohol motifs (C(OH)–C–C–N with tert-alkyl or cyclic N) is 1. The molecule has 0 saturated carbocycles. The van der Waals surface area contributed by atoms with Crippen LogP contribution in [0.1, 0.15) is 11.1 Å². The molecule has 180 valence electrons. The van der Waals surface area contributed by atoms with Crippen molar-refractivity contribution in [2.24, 2.45) is 0 Å². The molecule has 1 aliphatic rings. The zero-order valence-electron chi connectivity index (χ0n) is 19.7. The van der Waals surface area contributed by atoms with Gasteiger partial charge in [0, 0.05) is 39.8 Å². The van der Waals surface area contributed by atoms with E-state index >= 15 is 0 Å². The van der Waals surface area contributed by atoms with E-state index in [2.05, 4.69) is 4.90 Å². The second-order valence-electron chi connectivity index (χ2n) is 8.48. The predicted molar refractivity (Wildman–Crippen MR) is 127 cm³/mol. The van der Waals surface area contributed by atoms with Gasteiger partial charge in [-0.2, -0.15) is 0 Å². The smallest absolute Gasteiger partial charge is 0.227 e. The highest BCUT2D eigenvalue weighted by molar-refractivity contribution is 5.78. The minimum Gasteiger partial charge on any atom is -0.491 e. The number of hydrogen-bond acceptors (Lipinski definition) is 6. The maximum Gasteiger partial charge on any atom is 0.227 e. The van der Waals surface area contributed by atoms with Gasteiger partial charge in [0.1, 0.15) is 18.5 Å². The summed E-state index contributed by atoms with van der Waals surface area (Å²) in [6.45, 7) is 6.20. The summed E-state index contributed by atoms with van der Waals surface area (Å²) in [5.41, 5.74) is 2.04. The zero-order chi connectivity index (χ0) is 23.5. The van der Waals surface area contributed by atoms with Gasteiger partial charge in [-0.25, -0.2) is 0 Å². The number of carbonyl (C=O) groups is 1. The highest BCUT2D eigenvalue weighted by Crippen LogP contribution is 2.17. The Morgan fingerprint density at radius 2 is 1.97 bits per heavy atom. The molecule has 2 aromatic carbocycles. The van der Waals surface area contributed by atoms with Gasteiger partial charge in [0.05, 0.1) is 25.7 Å². The molecule has 2 aromatic rings. The number of benzene rings is 2. The van der Waals surface area contributed by atoms with Crippen molar-refractivity contribution in [2.45, 2.75) is 25.6 Å². The SMILES string of the molecule is COCCN(CC1CN(CC(O)COc2ccccc2C)CCO1)C(=O)Cc1ccccc1. The molecule has 0 aliphatic carbocycles. The number of methoxy groups -OCH3 is 1. The van der Waals surface area contributed by atoms with Crippen LogP contribution in [0.2, 0.25) is 0 Å². The first-order chi connectivity index (χ1) is 16.0. The molecule has 1 saturated heterocycles. The Balaban J connectivity index is 1.49. The molecule has 0 spiro atoms. The number of morpholine rings is 1. The Morgan fingerprint density at radius 1 is 1.21 bits per heavy atom. The lowest BCUT2D eigenvalue weighted by molar-refractivity contribution is -0.135. The van der Waals surface area contributed by atoms with Crippen molar-refractivity contribution in [3.8, 4) is 5.75 Å². The molecule has 0 radical (unpaired) electrons. The van der Waals surface area contributed by atoms with Gasteiger partial charge in [-0.05, 0) is 24.1 Å². The standard InChI is InChI=1S/C26H36N2O5/c1-21-8-6-7-11-25(21)33-20-23(29)17-27-12-15-32-24(18-27)19-28(13-14-31-2)26(30)16-22-9-4-3-5-10-22/h3-11,23-24,29H,12-20H2,1-2H3. The maximum absolute atomic E-state index is 12.9. The first-order valence-electron chi connectivity index (χ1n) is 11.6. The molecular weight excluding hydrogens is 420 g/mol. The molecule has 2 unspecified atom stereocenters. The third kappa shape index (κ3) is 8.44. The number of nitrogens with zero attached hydrogens (tertiary/aromatic N) is 2. The average molecular weight is 457 g/mol. The van der Waals surface area contributed by atoms with Crippen LogP contribution >= 0.6 is 0 Å². The van der Waals surface area contributed by atoms with E-state index in [0.29, 0.717) is 45.8 Å². The summed E-state index contributed by atoms with van der Waals surface area (Å²) >= 11 is 0. The lowest BCUT2D eigenvalue weighted by atomic mass is 10.1. The fraction of sp³-hybridized carbons (Fsp3) is 0.500. The molecule has 1 amide bonds. The van der Waals surface area contributed by atoms with Gasteiger partial charge in [0.25, 0.3) is 0 Å². The van der Waals surface area contributed by atoms with E-state index in [9.17, 15) is 9.90 Å². The van der Waals surface area contributed by atoms with Crippen LogP contribution in [0.15, 0.2) is 54.6 Å². The van der Waals surface area contributed by atoms with Gasteiger partial charge in [-0.3, -0.25) is 9.69 Å². The van der Waals surface area contributed by atoms with Gasteiger partial charge >= 0.3 is 0 Å². The van der Waals surface area contributed by atoms with E-state index in [4.69, 9.17) is 14.2 Å². The predicted octanol–water partition coefficient (Wildman–Crippen LogP) is 2.15. The van der Waals surface area contributed by atoms with Crippen LogP contribution in [0, 0.1) is 6.92 Å². The molecule has 0 bridgehead atoms. The van der Waals surface area contributed by atoms with Crippen molar-refractivity contribution in [3.05, 3.63) is 65.7 Å². The summed E-state index contributed by atoms with van der Waals surface area (Å²) < 4.78 is 17.0. The number of hydrogen-bond donors (Lipinski definition) is 1. The number of amides is 1. The largest absolute Gasteiger partial charge is 0.491 e. The fourth-order valence-electron chi connectivity index (χ4n) is 3.96. The van der Waals surface area contributed by atoms with Gasteiger partial charge in [-0.15, -0.1) is 0 Å². The lowest BCUT2D eigenvalue weighted by Crippen LogP contribution is -2.51. The van der Waals surface area contributed by atoms with Crippen molar-refractivity contribution in [3.63, 3.8) is 0 Å². The number of carbonyl (C=O) groups excluding carboxylic acids is 1. The van der Waals surface area contributed by atoms with Crippen LogP contribution < -0.4 is 4.74 Å². The second kappa shape index (κ2) is 13.3. The summed E-state index contributed by atoms with van der Waals surface area (Å²) in [4.78, 5) is 16.9. The second-order valence-corrected chi connectivity index (χ2v) is 8.48. The molecule has 2 atom stereocenters. The third-order valence-corrected chi connectivity index (χ3v) is 5.76. The molecule has 1 heterocycles. The Hall–Kier alpha value is -2.45.